The Morgan fingerprint density at radius 3 is 2.66 bits per heavy atom. The van der Waals surface area contributed by atoms with Gasteiger partial charge in [-0.15, -0.1) is 0 Å². The maximum absolute atomic E-state index is 13.6. The number of carbonyl (C=O) groups excluding carboxylic acids is 2. The van der Waals surface area contributed by atoms with Crippen LogP contribution in [-0.4, -0.2) is 50.6 Å². The zero-order chi connectivity index (χ0) is 30.1. The molecule has 3 aromatic rings. The Kier molecular flexibility index (Phi) is 10.6. The summed E-state index contributed by atoms with van der Waals surface area (Å²) in [7, 11) is 0. The Bertz CT molecular complexity index is 1700. The molecule has 12 heteroatoms. The van der Waals surface area contributed by atoms with Crippen LogP contribution in [0.1, 0.15) is 49.5 Å². The molecule has 0 saturated heterocycles. The second kappa shape index (κ2) is 14.1. The van der Waals surface area contributed by atoms with Gasteiger partial charge in [-0.1, -0.05) is 24.8 Å². The first-order valence-corrected chi connectivity index (χ1v) is 13.2. The van der Waals surface area contributed by atoms with Crippen LogP contribution in [0.25, 0.3) is 16.7 Å². The van der Waals surface area contributed by atoms with Gasteiger partial charge in [0.1, 0.15) is 16.9 Å². The molecule has 3 heterocycles. The van der Waals surface area contributed by atoms with Crippen LogP contribution in [0, 0.1) is 17.0 Å². The second-order valence-electron chi connectivity index (χ2n) is 9.04. The fourth-order valence-corrected chi connectivity index (χ4v) is 4.24. The van der Waals surface area contributed by atoms with E-state index in [1.807, 2.05) is 19.9 Å². The highest BCUT2D eigenvalue weighted by atomic mass is 16.6. The maximum Gasteiger partial charge on any atom is 0.341 e. The van der Waals surface area contributed by atoms with Crippen molar-refractivity contribution in [2.24, 2.45) is 4.99 Å². The van der Waals surface area contributed by atoms with Gasteiger partial charge in [-0.05, 0) is 51.8 Å². The van der Waals surface area contributed by atoms with E-state index in [-0.39, 0.29) is 52.9 Å². The van der Waals surface area contributed by atoms with Crippen LogP contribution in [0.3, 0.4) is 0 Å². The van der Waals surface area contributed by atoms with Crippen LogP contribution in [0.15, 0.2) is 70.3 Å². The zero-order valence-electron chi connectivity index (χ0n) is 23.6. The van der Waals surface area contributed by atoms with Crippen LogP contribution < -0.4 is 11.0 Å². The molecule has 0 aliphatic carbocycles. The average molecular weight is 564 g/mol. The van der Waals surface area contributed by atoms with Crippen molar-refractivity contribution in [3.05, 3.63) is 97.6 Å². The van der Waals surface area contributed by atoms with E-state index >= 15 is 0 Å². The van der Waals surface area contributed by atoms with Gasteiger partial charge in [0.2, 0.25) is 0 Å². The van der Waals surface area contributed by atoms with Crippen molar-refractivity contribution in [2.45, 2.75) is 47.1 Å². The van der Waals surface area contributed by atoms with Crippen LogP contribution >= 0.6 is 0 Å². The molecule has 12 nitrogen and oxygen atoms in total. The molecule has 0 aromatic carbocycles. The first kappa shape index (κ1) is 30.8. The van der Waals surface area contributed by atoms with Crippen molar-refractivity contribution < 1.29 is 24.0 Å². The summed E-state index contributed by atoms with van der Waals surface area (Å²) >= 11 is 0. The Labute approximate surface area is 236 Å². The highest BCUT2D eigenvalue weighted by Gasteiger charge is 2.21. The van der Waals surface area contributed by atoms with Gasteiger partial charge >= 0.3 is 5.97 Å². The fraction of sp³-hybridized carbons (Fsp3) is 0.345. The topological polar surface area (TPSA) is 147 Å². The Balaban J connectivity index is 2.37. The van der Waals surface area contributed by atoms with E-state index < -0.39 is 22.4 Å². The zero-order valence-corrected chi connectivity index (χ0v) is 23.6. The minimum Gasteiger partial charge on any atom is -0.462 e. The number of carbonyl (C=O) groups is 2. The van der Waals surface area contributed by atoms with Crippen molar-refractivity contribution in [1.29, 1.82) is 0 Å². The molecule has 0 radical (unpaired) electrons. The minimum atomic E-state index is -0.777. The average Bonchev–Trinajstić information content (AvgIpc) is 2.92. The number of hydrogen-bond donors (Lipinski definition) is 0. The van der Waals surface area contributed by atoms with E-state index in [1.54, 1.807) is 19.2 Å². The number of fused-ring (bicyclic) bond motifs is 2. The highest BCUT2D eigenvalue weighted by Crippen LogP contribution is 2.15. The van der Waals surface area contributed by atoms with Gasteiger partial charge in [0.25, 0.3) is 17.2 Å². The molecule has 0 fully saturated rings. The molecule has 0 unspecified atom stereocenters. The summed E-state index contributed by atoms with van der Waals surface area (Å²) in [6.45, 7) is 11.4. The first-order chi connectivity index (χ1) is 19.6. The number of ether oxygens (including phenoxy) is 2. The van der Waals surface area contributed by atoms with Crippen molar-refractivity contribution >= 4 is 28.6 Å². The van der Waals surface area contributed by atoms with E-state index in [0.717, 1.165) is 5.56 Å². The number of amides is 1. The van der Waals surface area contributed by atoms with Gasteiger partial charge in [-0.2, -0.15) is 4.99 Å². The minimum absolute atomic E-state index is 0.0480. The third-order valence-electron chi connectivity index (χ3n) is 6.15. The van der Waals surface area contributed by atoms with E-state index in [0.29, 0.717) is 25.3 Å². The van der Waals surface area contributed by atoms with Crippen molar-refractivity contribution in [2.75, 3.05) is 19.8 Å². The Hall–Kier alpha value is -4.71. The second-order valence-corrected chi connectivity index (χ2v) is 9.04. The molecule has 3 rings (SSSR count). The molecule has 41 heavy (non-hydrogen) atoms. The lowest BCUT2D eigenvalue weighted by Crippen LogP contribution is -2.33. The third kappa shape index (κ3) is 7.09. The predicted molar refractivity (Wildman–Crippen MR) is 153 cm³/mol. The Morgan fingerprint density at radius 1 is 1.24 bits per heavy atom. The SMILES string of the molecule is C=C/C=C\C(=C(\C)CC(=O)N=c1c(C(=O)OCC)cc2c(=O)n3cccc(C)c3nc2n1CCCOCC)[N+](=O)[O-]. The van der Waals surface area contributed by atoms with E-state index in [1.165, 1.54) is 40.2 Å². The number of rotatable bonds is 12. The van der Waals surface area contributed by atoms with Crippen LogP contribution in [0.2, 0.25) is 0 Å². The number of pyridine rings is 2. The lowest BCUT2D eigenvalue weighted by atomic mass is 10.1. The van der Waals surface area contributed by atoms with Crippen LogP contribution in [0.4, 0.5) is 0 Å². The molecule has 1 amide bonds. The molecular weight excluding hydrogens is 530 g/mol. The summed E-state index contributed by atoms with van der Waals surface area (Å²) in [5, 5.41) is 11.7. The molecule has 3 aromatic heterocycles. The number of allylic oxidation sites excluding steroid dienone is 3. The van der Waals surface area contributed by atoms with Crippen LogP contribution in [0.5, 0.6) is 0 Å². The first-order valence-electron chi connectivity index (χ1n) is 13.2. The summed E-state index contributed by atoms with van der Waals surface area (Å²) in [6.07, 6.45) is 5.69. The third-order valence-corrected chi connectivity index (χ3v) is 6.15. The number of nitro groups is 1. The van der Waals surface area contributed by atoms with E-state index in [2.05, 4.69) is 11.6 Å². The number of hydrogen-bond acceptors (Lipinski definition) is 8. The molecule has 0 bridgehead atoms. The smallest absolute Gasteiger partial charge is 0.341 e. The molecule has 0 saturated carbocycles. The lowest BCUT2D eigenvalue weighted by molar-refractivity contribution is -0.420. The fourth-order valence-electron chi connectivity index (χ4n) is 4.24. The summed E-state index contributed by atoms with van der Waals surface area (Å²) in [5.74, 6) is -1.51. The predicted octanol–water partition coefficient (Wildman–Crippen LogP) is 3.67. The summed E-state index contributed by atoms with van der Waals surface area (Å²) in [6, 6.07) is 4.87. The quantitative estimate of drug-likeness (QED) is 0.0810. The van der Waals surface area contributed by atoms with Gasteiger partial charge in [-0.3, -0.25) is 24.1 Å². The monoisotopic (exact) mass is 563 g/mol. The van der Waals surface area contributed by atoms with Crippen molar-refractivity contribution in [3.63, 3.8) is 0 Å². The molecule has 0 aliphatic heterocycles. The number of aromatic nitrogens is 3. The number of esters is 1. The summed E-state index contributed by atoms with van der Waals surface area (Å²) in [5.41, 5.74) is 0.731. The van der Waals surface area contributed by atoms with Gasteiger partial charge in [-0.25, -0.2) is 9.78 Å². The lowest BCUT2D eigenvalue weighted by Gasteiger charge is -2.15. The van der Waals surface area contributed by atoms with E-state index in [4.69, 9.17) is 14.5 Å². The number of nitrogens with zero attached hydrogens (tertiary/aromatic N) is 5. The molecule has 216 valence electrons. The Morgan fingerprint density at radius 2 is 2.00 bits per heavy atom. The van der Waals surface area contributed by atoms with Crippen molar-refractivity contribution in [3.8, 4) is 0 Å². The molecule has 0 N–H and O–H groups in total. The molecule has 0 aliphatic rings. The maximum atomic E-state index is 13.6. The van der Waals surface area contributed by atoms with Gasteiger partial charge < -0.3 is 14.0 Å². The molecule has 0 atom stereocenters. The standard InChI is InChI=1S/C29H33N5O7/c1-6-9-13-23(34(38)39)20(5)17-24(35)30-27-22(29(37)41-8-3)18-21-26(32(27)15-11-16-40-7-2)31-25-19(4)12-10-14-33(25)28(21)36/h6,9-10,12-14,18H,1,7-8,11,15-17H2,2-5H3/b13-9-,23-20+,30-27?. The summed E-state index contributed by atoms with van der Waals surface area (Å²) in [4.78, 5) is 59.8. The largest absolute Gasteiger partial charge is 0.462 e. The molecule has 0 spiro atoms. The van der Waals surface area contributed by atoms with Gasteiger partial charge in [0.15, 0.2) is 5.49 Å². The van der Waals surface area contributed by atoms with Crippen LogP contribution in [-0.2, 0) is 20.8 Å². The van der Waals surface area contributed by atoms with Gasteiger partial charge in [0, 0.05) is 37.6 Å². The molecular formula is C29H33N5O7. The summed E-state index contributed by atoms with van der Waals surface area (Å²) < 4.78 is 13.7. The van der Waals surface area contributed by atoms with Crippen molar-refractivity contribution in [1.82, 2.24) is 14.0 Å². The highest BCUT2D eigenvalue weighted by molar-refractivity contribution is 5.94. The number of aryl methyl sites for hydroxylation is 2. The normalized spacial score (nSPS) is 12.6. The van der Waals surface area contributed by atoms with Gasteiger partial charge in [0.05, 0.1) is 23.3 Å². The van der Waals surface area contributed by atoms with E-state index in [9.17, 15) is 24.5 Å².